The van der Waals surface area contributed by atoms with Crippen molar-refractivity contribution in [2.75, 3.05) is 6.61 Å². The van der Waals surface area contributed by atoms with E-state index in [0.29, 0.717) is 13.0 Å². The summed E-state index contributed by atoms with van der Waals surface area (Å²) in [6.07, 6.45) is 1.34. The molecule has 3 N–H and O–H groups in total. The zero-order chi connectivity index (χ0) is 22.1. The molecule has 0 radical (unpaired) electrons. The number of pyridine rings is 1. The van der Waals surface area contributed by atoms with Gasteiger partial charge in [0.1, 0.15) is 5.56 Å². The molecule has 10 nitrogen and oxygen atoms in total. The maximum atomic E-state index is 12.9. The Hall–Kier alpha value is -3.66. The van der Waals surface area contributed by atoms with Gasteiger partial charge in [-0.1, -0.05) is 30.3 Å². The van der Waals surface area contributed by atoms with Crippen LogP contribution in [-0.4, -0.2) is 51.2 Å². The first-order valence-corrected chi connectivity index (χ1v) is 9.90. The van der Waals surface area contributed by atoms with Gasteiger partial charge in [-0.05, 0) is 18.9 Å². The molecule has 2 aliphatic heterocycles. The van der Waals surface area contributed by atoms with E-state index in [9.17, 15) is 24.3 Å². The minimum absolute atomic E-state index is 0.0388. The minimum atomic E-state index is -0.988. The third-order valence-electron chi connectivity index (χ3n) is 5.44. The third kappa shape index (κ3) is 3.89. The fourth-order valence-corrected chi connectivity index (χ4v) is 3.84. The van der Waals surface area contributed by atoms with Crippen LogP contribution in [0.2, 0.25) is 0 Å². The van der Waals surface area contributed by atoms with Gasteiger partial charge in [-0.2, -0.15) is 0 Å². The van der Waals surface area contributed by atoms with Crippen LogP contribution in [0.15, 0.2) is 41.3 Å². The molecular formula is C21H22N4O6. The predicted molar refractivity (Wildman–Crippen MR) is 108 cm³/mol. The molecule has 31 heavy (non-hydrogen) atoms. The molecule has 4 rings (SSSR count). The van der Waals surface area contributed by atoms with Crippen LogP contribution in [0, 0.1) is 0 Å². The van der Waals surface area contributed by atoms with Gasteiger partial charge in [-0.15, -0.1) is 0 Å². The van der Waals surface area contributed by atoms with Crippen molar-refractivity contribution >= 4 is 17.7 Å². The van der Waals surface area contributed by atoms with Crippen LogP contribution in [0.5, 0.6) is 5.75 Å². The maximum absolute atomic E-state index is 12.9. The van der Waals surface area contributed by atoms with Crippen molar-refractivity contribution in [3.63, 3.8) is 0 Å². The summed E-state index contributed by atoms with van der Waals surface area (Å²) in [6, 6.07) is 8.83. The van der Waals surface area contributed by atoms with Crippen molar-refractivity contribution < 1.29 is 24.2 Å². The molecule has 1 saturated heterocycles. The number of hydrazine groups is 1. The lowest BCUT2D eigenvalue weighted by atomic mass is 10.1. The van der Waals surface area contributed by atoms with Crippen molar-refractivity contribution in [1.29, 1.82) is 0 Å². The number of aromatic hydroxyl groups is 1. The van der Waals surface area contributed by atoms with Gasteiger partial charge in [0.15, 0.2) is 17.7 Å². The Morgan fingerprint density at radius 2 is 1.94 bits per heavy atom. The van der Waals surface area contributed by atoms with Crippen LogP contribution in [0.1, 0.15) is 39.8 Å². The summed E-state index contributed by atoms with van der Waals surface area (Å²) in [6.45, 7) is 2.52. The van der Waals surface area contributed by atoms with Gasteiger partial charge in [-0.3, -0.25) is 30.0 Å². The summed E-state index contributed by atoms with van der Waals surface area (Å²) >= 11 is 0. The average Bonchev–Trinajstić information content (AvgIpc) is 2.75. The lowest BCUT2D eigenvalue weighted by Gasteiger charge is -2.44. The van der Waals surface area contributed by atoms with E-state index in [4.69, 9.17) is 4.74 Å². The number of benzene rings is 1. The SMILES string of the molecule is C[C@@H]1CCOC2Cn3cc(C(=O)NNC(=O)Cc4ccccc4)c(=O)c(O)c3C(=O)N21. The van der Waals surface area contributed by atoms with E-state index in [0.717, 1.165) is 5.56 Å². The molecule has 2 aromatic rings. The van der Waals surface area contributed by atoms with E-state index >= 15 is 0 Å². The number of nitrogens with one attached hydrogen (secondary N) is 2. The zero-order valence-electron chi connectivity index (χ0n) is 16.8. The zero-order valence-corrected chi connectivity index (χ0v) is 16.8. The Bertz CT molecular complexity index is 1100. The van der Waals surface area contributed by atoms with E-state index < -0.39 is 40.7 Å². The van der Waals surface area contributed by atoms with Gasteiger partial charge in [0.2, 0.25) is 11.3 Å². The smallest absolute Gasteiger partial charge is 0.276 e. The lowest BCUT2D eigenvalue weighted by molar-refractivity contribution is -0.121. The molecule has 0 saturated carbocycles. The first kappa shape index (κ1) is 20.6. The largest absolute Gasteiger partial charge is 0.503 e. The molecule has 2 atom stereocenters. The van der Waals surface area contributed by atoms with Crippen LogP contribution in [0.25, 0.3) is 0 Å². The fourth-order valence-electron chi connectivity index (χ4n) is 3.84. The molecule has 0 bridgehead atoms. The van der Waals surface area contributed by atoms with E-state index in [1.165, 1.54) is 15.7 Å². The summed E-state index contributed by atoms with van der Waals surface area (Å²) in [5.74, 6) is -2.70. The Morgan fingerprint density at radius 3 is 2.68 bits per heavy atom. The third-order valence-corrected chi connectivity index (χ3v) is 5.44. The number of carbonyl (C=O) groups excluding carboxylic acids is 3. The summed E-state index contributed by atoms with van der Waals surface area (Å²) in [5, 5.41) is 10.4. The van der Waals surface area contributed by atoms with E-state index in [1.807, 2.05) is 13.0 Å². The Kier molecular flexibility index (Phi) is 5.47. The first-order valence-electron chi connectivity index (χ1n) is 9.90. The van der Waals surface area contributed by atoms with Crippen molar-refractivity contribution in [2.45, 2.75) is 38.6 Å². The molecule has 1 aromatic carbocycles. The van der Waals surface area contributed by atoms with Crippen LogP contribution < -0.4 is 16.3 Å². The Labute approximate surface area is 177 Å². The summed E-state index contributed by atoms with van der Waals surface area (Å²) in [4.78, 5) is 51.5. The number of fused-ring (bicyclic) bond motifs is 2. The first-order chi connectivity index (χ1) is 14.9. The molecule has 10 heteroatoms. The average molecular weight is 426 g/mol. The molecule has 2 aliphatic rings. The molecule has 3 amide bonds. The number of aromatic nitrogens is 1. The van der Waals surface area contributed by atoms with Gasteiger partial charge in [0, 0.05) is 12.2 Å². The number of hydrogen-bond acceptors (Lipinski definition) is 6. The molecule has 0 aliphatic carbocycles. The highest BCUT2D eigenvalue weighted by Crippen LogP contribution is 2.29. The number of hydrogen-bond donors (Lipinski definition) is 3. The van der Waals surface area contributed by atoms with Gasteiger partial charge in [0.25, 0.3) is 11.8 Å². The monoisotopic (exact) mass is 426 g/mol. The molecule has 1 aromatic heterocycles. The summed E-state index contributed by atoms with van der Waals surface area (Å²) in [7, 11) is 0. The second kappa shape index (κ2) is 8.23. The lowest BCUT2D eigenvalue weighted by Crippen LogP contribution is -2.57. The topological polar surface area (TPSA) is 130 Å². The highest BCUT2D eigenvalue weighted by Gasteiger charge is 2.41. The van der Waals surface area contributed by atoms with Gasteiger partial charge >= 0.3 is 0 Å². The number of nitrogens with zero attached hydrogens (tertiary/aromatic N) is 2. The molecule has 162 valence electrons. The second-order valence-electron chi connectivity index (χ2n) is 7.56. The van der Waals surface area contributed by atoms with Crippen molar-refractivity contribution in [3.8, 4) is 5.75 Å². The second-order valence-corrected chi connectivity index (χ2v) is 7.56. The summed E-state index contributed by atoms with van der Waals surface area (Å²) < 4.78 is 7.00. The fraction of sp³-hybridized carbons (Fsp3) is 0.333. The van der Waals surface area contributed by atoms with Crippen molar-refractivity contribution in [1.82, 2.24) is 20.3 Å². The quantitative estimate of drug-likeness (QED) is 0.599. The minimum Gasteiger partial charge on any atom is -0.503 e. The van der Waals surface area contributed by atoms with Gasteiger partial charge < -0.3 is 19.3 Å². The molecule has 0 spiro atoms. The van der Waals surface area contributed by atoms with E-state index in [1.54, 1.807) is 24.3 Å². The molecule has 1 fully saturated rings. The van der Waals surface area contributed by atoms with Gasteiger partial charge in [0.05, 0.1) is 19.6 Å². The number of ether oxygens (including phenoxy) is 1. The highest BCUT2D eigenvalue weighted by atomic mass is 16.5. The molecular weight excluding hydrogens is 404 g/mol. The van der Waals surface area contributed by atoms with E-state index in [2.05, 4.69) is 10.9 Å². The van der Waals surface area contributed by atoms with Crippen LogP contribution in [0.3, 0.4) is 0 Å². The van der Waals surface area contributed by atoms with Crippen molar-refractivity contribution in [2.24, 2.45) is 0 Å². The number of carbonyl (C=O) groups is 3. The predicted octanol–water partition coefficient (Wildman–Crippen LogP) is 0.148. The number of rotatable bonds is 3. The molecule has 3 heterocycles. The van der Waals surface area contributed by atoms with Gasteiger partial charge in [-0.25, -0.2) is 0 Å². The Balaban J connectivity index is 1.53. The summed E-state index contributed by atoms with van der Waals surface area (Å²) in [5.41, 5.74) is 3.62. The van der Waals surface area contributed by atoms with Crippen LogP contribution in [0.4, 0.5) is 0 Å². The standard InChI is InChI=1S/C21H22N4O6/c1-12-7-8-31-16-11-24-10-14(18(27)19(28)17(24)21(30)25(12)16)20(29)23-22-15(26)9-13-5-3-2-4-6-13/h2-6,10,12,16,28H,7-9,11H2,1H3,(H,22,26)(H,23,29)/t12-,16?/m1/s1. The van der Waals surface area contributed by atoms with Crippen LogP contribution in [-0.2, 0) is 22.5 Å². The number of amides is 3. The molecule has 1 unspecified atom stereocenters. The normalized spacial score (nSPS) is 19.9. The highest BCUT2D eigenvalue weighted by molar-refractivity contribution is 5.99. The van der Waals surface area contributed by atoms with E-state index in [-0.39, 0.29) is 24.7 Å². The van der Waals surface area contributed by atoms with Crippen LogP contribution >= 0.6 is 0 Å². The maximum Gasteiger partial charge on any atom is 0.276 e. The Morgan fingerprint density at radius 1 is 1.19 bits per heavy atom. The van der Waals surface area contributed by atoms with Crippen molar-refractivity contribution in [3.05, 3.63) is 63.6 Å².